The second kappa shape index (κ2) is 5.44. The van der Waals surface area contributed by atoms with E-state index in [0.717, 1.165) is 25.0 Å². The number of rotatable bonds is 5. The van der Waals surface area contributed by atoms with Crippen molar-refractivity contribution >= 4 is 5.91 Å². The van der Waals surface area contributed by atoms with Crippen molar-refractivity contribution in [1.82, 2.24) is 9.97 Å². The monoisotopic (exact) mass is 207 g/mol. The van der Waals surface area contributed by atoms with Gasteiger partial charge in [0.1, 0.15) is 0 Å². The van der Waals surface area contributed by atoms with Gasteiger partial charge >= 0.3 is 0 Å². The zero-order valence-corrected chi connectivity index (χ0v) is 9.23. The van der Waals surface area contributed by atoms with Gasteiger partial charge in [0.05, 0.1) is 17.3 Å². The minimum absolute atomic E-state index is 0.293. The molecule has 0 aliphatic rings. The maximum atomic E-state index is 11.2. The predicted octanol–water partition coefficient (Wildman–Crippen LogP) is 1.54. The van der Waals surface area contributed by atoms with Gasteiger partial charge in [0.2, 0.25) is 5.91 Å². The molecule has 0 bridgehead atoms. The van der Waals surface area contributed by atoms with Crippen LogP contribution in [-0.4, -0.2) is 15.9 Å². The second-order valence-corrected chi connectivity index (χ2v) is 3.68. The number of amides is 1. The highest BCUT2D eigenvalue weighted by Crippen LogP contribution is 2.19. The van der Waals surface area contributed by atoms with Crippen molar-refractivity contribution < 1.29 is 4.79 Å². The molecular weight excluding hydrogens is 190 g/mol. The molecule has 1 heterocycles. The summed E-state index contributed by atoms with van der Waals surface area (Å²) in [6, 6.07) is 0. The van der Waals surface area contributed by atoms with Crippen LogP contribution in [0, 0.1) is 6.92 Å². The van der Waals surface area contributed by atoms with E-state index in [1.54, 1.807) is 12.4 Å². The molecule has 0 radical (unpaired) electrons. The van der Waals surface area contributed by atoms with Gasteiger partial charge < -0.3 is 5.73 Å². The SMILES string of the molecule is CCCCC(C(N)=O)c1cnc(C)cn1. The fraction of sp³-hybridized carbons (Fsp3) is 0.545. The molecule has 0 spiro atoms. The summed E-state index contributed by atoms with van der Waals surface area (Å²) in [5.74, 6) is -0.611. The average molecular weight is 207 g/mol. The van der Waals surface area contributed by atoms with Crippen LogP contribution in [0.1, 0.15) is 43.5 Å². The van der Waals surface area contributed by atoms with Crippen LogP contribution in [0.2, 0.25) is 0 Å². The second-order valence-electron chi connectivity index (χ2n) is 3.68. The smallest absolute Gasteiger partial charge is 0.226 e. The maximum absolute atomic E-state index is 11.2. The van der Waals surface area contributed by atoms with Gasteiger partial charge in [-0.2, -0.15) is 0 Å². The Kier molecular flexibility index (Phi) is 4.21. The first-order valence-corrected chi connectivity index (χ1v) is 5.23. The predicted molar refractivity (Wildman–Crippen MR) is 58.2 cm³/mol. The van der Waals surface area contributed by atoms with Crippen molar-refractivity contribution in [1.29, 1.82) is 0 Å². The topological polar surface area (TPSA) is 68.9 Å². The van der Waals surface area contributed by atoms with Crippen LogP contribution >= 0.6 is 0 Å². The minimum atomic E-state index is -0.318. The largest absolute Gasteiger partial charge is 0.369 e. The fourth-order valence-corrected chi connectivity index (χ4v) is 1.43. The van der Waals surface area contributed by atoms with Gasteiger partial charge in [-0.1, -0.05) is 19.8 Å². The third-order valence-electron chi connectivity index (χ3n) is 2.35. The standard InChI is InChI=1S/C11H17N3O/c1-3-4-5-9(11(12)15)10-7-13-8(2)6-14-10/h6-7,9H,3-5H2,1-2H3,(H2,12,15). The molecule has 2 N–H and O–H groups in total. The number of unbranched alkanes of at least 4 members (excludes halogenated alkanes) is 1. The van der Waals surface area contributed by atoms with Crippen molar-refractivity contribution in [2.24, 2.45) is 5.73 Å². The Labute approximate surface area is 89.9 Å². The molecular formula is C11H17N3O. The Morgan fingerprint density at radius 3 is 2.67 bits per heavy atom. The van der Waals surface area contributed by atoms with Crippen molar-refractivity contribution in [2.75, 3.05) is 0 Å². The lowest BCUT2D eigenvalue weighted by molar-refractivity contribution is -0.119. The number of aryl methyl sites for hydroxylation is 1. The van der Waals surface area contributed by atoms with Crippen LogP contribution in [0.25, 0.3) is 0 Å². The van der Waals surface area contributed by atoms with Gasteiger partial charge in [0.25, 0.3) is 0 Å². The summed E-state index contributed by atoms with van der Waals surface area (Å²) >= 11 is 0. The normalized spacial score (nSPS) is 12.4. The van der Waals surface area contributed by atoms with Gasteiger partial charge in [0.15, 0.2) is 0 Å². The lowest BCUT2D eigenvalue weighted by atomic mass is 9.98. The highest BCUT2D eigenvalue weighted by molar-refractivity contribution is 5.81. The number of carbonyl (C=O) groups excluding carboxylic acids is 1. The van der Waals surface area contributed by atoms with Crippen molar-refractivity contribution in [3.8, 4) is 0 Å². The van der Waals surface area contributed by atoms with Crippen LogP contribution in [-0.2, 0) is 4.79 Å². The lowest BCUT2D eigenvalue weighted by Gasteiger charge is -2.11. The Balaban J connectivity index is 2.79. The molecule has 0 aliphatic carbocycles. The molecule has 0 saturated carbocycles. The minimum Gasteiger partial charge on any atom is -0.369 e. The number of hydrogen-bond acceptors (Lipinski definition) is 3. The number of nitrogens with two attached hydrogens (primary N) is 1. The van der Waals surface area contributed by atoms with E-state index < -0.39 is 0 Å². The van der Waals surface area contributed by atoms with Crippen molar-refractivity contribution in [3.05, 3.63) is 23.8 Å². The van der Waals surface area contributed by atoms with Gasteiger partial charge in [-0.15, -0.1) is 0 Å². The zero-order valence-electron chi connectivity index (χ0n) is 9.23. The first-order chi connectivity index (χ1) is 7.15. The van der Waals surface area contributed by atoms with Crippen molar-refractivity contribution in [3.63, 3.8) is 0 Å². The summed E-state index contributed by atoms with van der Waals surface area (Å²) in [7, 11) is 0. The number of primary amides is 1. The van der Waals surface area contributed by atoms with Crippen LogP contribution < -0.4 is 5.73 Å². The molecule has 1 unspecified atom stereocenters. The molecule has 1 aromatic heterocycles. The van der Waals surface area contributed by atoms with E-state index in [2.05, 4.69) is 16.9 Å². The van der Waals surface area contributed by atoms with E-state index in [0.29, 0.717) is 5.69 Å². The Bertz CT molecular complexity index is 321. The van der Waals surface area contributed by atoms with Crippen LogP contribution in [0.3, 0.4) is 0 Å². The molecule has 4 nitrogen and oxygen atoms in total. The number of nitrogens with zero attached hydrogens (tertiary/aromatic N) is 2. The molecule has 1 amide bonds. The van der Waals surface area contributed by atoms with E-state index in [-0.39, 0.29) is 11.8 Å². The third kappa shape index (κ3) is 3.31. The first-order valence-electron chi connectivity index (χ1n) is 5.23. The molecule has 1 aromatic rings. The Morgan fingerprint density at radius 1 is 1.47 bits per heavy atom. The van der Waals surface area contributed by atoms with Gasteiger partial charge in [-0.05, 0) is 13.3 Å². The summed E-state index contributed by atoms with van der Waals surface area (Å²) < 4.78 is 0. The van der Waals surface area contributed by atoms with Gasteiger partial charge in [-0.3, -0.25) is 14.8 Å². The molecule has 0 fully saturated rings. The Hall–Kier alpha value is -1.45. The van der Waals surface area contributed by atoms with Gasteiger partial charge in [-0.25, -0.2) is 0 Å². The first kappa shape index (κ1) is 11.6. The number of aromatic nitrogens is 2. The molecule has 0 aromatic carbocycles. The summed E-state index contributed by atoms with van der Waals surface area (Å²) in [5.41, 5.74) is 6.87. The summed E-state index contributed by atoms with van der Waals surface area (Å²) in [4.78, 5) is 19.6. The Morgan fingerprint density at radius 2 is 2.20 bits per heavy atom. The number of carbonyl (C=O) groups is 1. The fourth-order valence-electron chi connectivity index (χ4n) is 1.43. The van der Waals surface area contributed by atoms with E-state index in [1.807, 2.05) is 6.92 Å². The lowest BCUT2D eigenvalue weighted by Crippen LogP contribution is -2.22. The van der Waals surface area contributed by atoms with E-state index in [1.165, 1.54) is 0 Å². The molecule has 15 heavy (non-hydrogen) atoms. The molecule has 4 heteroatoms. The molecule has 0 saturated heterocycles. The summed E-state index contributed by atoms with van der Waals surface area (Å²) in [6.45, 7) is 3.95. The molecule has 1 rings (SSSR count). The third-order valence-corrected chi connectivity index (χ3v) is 2.35. The summed E-state index contributed by atoms with van der Waals surface area (Å²) in [6.07, 6.45) is 6.08. The van der Waals surface area contributed by atoms with Crippen LogP contribution in [0.15, 0.2) is 12.4 Å². The number of hydrogen-bond donors (Lipinski definition) is 1. The maximum Gasteiger partial charge on any atom is 0.226 e. The molecule has 0 aliphatic heterocycles. The van der Waals surface area contributed by atoms with E-state index in [9.17, 15) is 4.79 Å². The van der Waals surface area contributed by atoms with Crippen LogP contribution in [0.5, 0.6) is 0 Å². The quantitative estimate of drug-likeness (QED) is 0.796. The molecule has 82 valence electrons. The van der Waals surface area contributed by atoms with Gasteiger partial charge in [0, 0.05) is 12.4 Å². The highest BCUT2D eigenvalue weighted by Gasteiger charge is 2.18. The molecule has 1 atom stereocenters. The summed E-state index contributed by atoms with van der Waals surface area (Å²) in [5, 5.41) is 0. The highest BCUT2D eigenvalue weighted by atomic mass is 16.1. The zero-order chi connectivity index (χ0) is 11.3. The van der Waals surface area contributed by atoms with E-state index >= 15 is 0 Å². The van der Waals surface area contributed by atoms with E-state index in [4.69, 9.17) is 5.73 Å². The van der Waals surface area contributed by atoms with Crippen molar-refractivity contribution in [2.45, 2.75) is 39.0 Å². The average Bonchev–Trinajstić information content (AvgIpc) is 2.21. The van der Waals surface area contributed by atoms with Crippen LogP contribution in [0.4, 0.5) is 0 Å².